The molecule has 4 rings (SSSR count). The first-order valence-corrected chi connectivity index (χ1v) is 10.7. The van der Waals surface area contributed by atoms with Crippen molar-refractivity contribution in [3.05, 3.63) is 100 Å². The average molecular weight is 499 g/mol. The van der Waals surface area contributed by atoms with Crippen molar-refractivity contribution in [2.24, 2.45) is 0 Å². The second kappa shape index (κ2) is 9.12. The highest BCUT2D eigenvalue weighted by Gasteiger charge is 2.30. The molecule has 0 radical (unpaired) electrons. The van der Waals surface area contributed by atoms with Crippen LogP contribution in [0.1, 0.15) is 21.6 Å². The van der Waals surface area contributed by atoms with Gasteiger partial charge in [0.2, 0.25) is 0 Å². The summed E-state index contributed by atoms with van der Waals surface area (Å²) >= 11 is 3.33. The first-order valence-electron chi connectivity index (χ1n) is 9.91. The van der Waals surface area contributed by atoms with Gasteiger partial charge in [0.05, 0.1) is 5.56 Å². The number of alkyl halides is 3. The number of amides is 1. The van der Waals surface area contributed by atoms with Crippen molar-refractivity contribution in [1.29, 1.82) is 0 Å². The monoisotopic (exact) mass is 498 g/mol. The summed E-state index contributed by atoms with van der Waals surface area (Å²) in [6, 6.07) is 21.6. The number of halogens is 4. The fourth-order valence-corrected chi connectivity index (χ4v) is 3.89. The molecule has 3 aromatic carbocycles. The van der Waals surface area contributed by atoms with Crippen LogP contribution in [0.4, 0.5) is 13.2 Å². The molecular weight excluding hydrogens is 481 g/mol. The molecule has 0 bridgehead atoms. The molecule has 0 spiro atoms. The van der Waals surface area contributed by atoms with Crippen LogP contribution in [0.5, 0.6) is 0 Å². The van der Waals surface area contributed by atoms with Crippen molar-refractivity contribution in [2.75, 3.05) is 6.54 Å². The quantitative estimate of drug-likeness (QED) is 0.312. The zero-order valence-corrected chi connectivity index (χ0v) is 18.4. The number of aromatic nitrogens is 1. The predicted octanol–water partition coefficient (Wildman–Crippen LogP) is 6.66. The molecule has 0 fully saturated rings. The van der Waals surface area contributed by atoms with E-state index in [-0.39, 0.29) is 5.91 Å². The van der Waals surface area contributed by atoms with E-state index in [1.807, 2.05) is 42.5 Å². The van der Waals surface area contributed by atoms with Crippen LogP contribution in [0.15, 0.2) is 83.5 Å². The van der Waals surface area contributed by atoms with E-state index in [1.165, 1.54) is 12.1 Å². The standard InChI is InChI=1S/C25H18BrF3N2O/c26-23-6-2-4-20(31-23)13-14-30-24(32)18-9-12-22-17(15-18)3-1-5-21(22)16-7-10-19(11-8-16)25(27,28)29/h1-12,15H,13-14H2,(H,30,32). The van der Waals surface area contributed by atoms with Crippen molar-refractivity contribution < 1.29 is 18.0 Å². The highest BCUT2D eigenvalue weighted by Crippen LogP contribution is 2.33. The lowest BCUT2D eigenvalue weighted by Gasteiger charge is -2.11. The Morgan fingerprint density at radius 2 is 1.69 bits per heavy atom. The summed E-state index contributed by atoms with van der Waals surface area (Å²) in [5.41, 5.74) is 2.20. The molecule has 32 heavy (non-hydrogen) atoms. The molecule has 0 aliphatic rings. The van der Waals surface area contributed by atoms with Gasteiger partial charge in [-0.1, -0.05) is 42.5 Å². The molecule has 0 aliphatic heterocycles. The maximum absolute atomic E-state index is 12.9. The first-order chi connectivity index (χ1) is 15.3. The third-order valence-corrected chi connectivity index (χ3v) is 5.55. The Morgan fingerprint density at radius 1 is 0.938 bits per heavy atom. The Labute approximate surface area is 191 Å². The minimum Gasteiger partial charge on any atom is -0.352 e. The molecule has 1 aromatic heterocycles. The molecule has 0 saturated carbocycles. The van der Waals surface area contributed by atoms with Crippen LogP contribution in [0, 0.1) is 0 Å². The Bertz CT molecular complexity index is 1270. The molecule has 0 saturated heterocycles. The summed E-state index contributed by atoms with van der Waals surface area (Å²) in [5, 5.41) is 4.60. The van der Waals surface area contributed by atoms with E-state index < -0.39 is 11.7 Å². The fourth-order valence-electron chi connectivity index (χ4n) is 3.51. The molecule has 3 nitrogen and oxygen atoms in total. The summed E-state index contributed by atoms with van der Waals surface area (Å²) in [5.74, 6) is -0.193. The number of benzene rings is 3. The molecule has 0 unspecified atom stereocenters. The summed E-state index contributed by atoms with van der Waals surface area (Å²) in [7, 11) is 0. The van der Waals surface area contributed by atoms with E-state index in [2.05, 4.69) is 26.2 Å². The van der Waals surface area contributed by atoms with Gasteiger partial charge < -0.3 is 5.32 Å². The SMILES string of the molecule is O=C(NCCc1cccc(Br)n1)c1ccc2c(-c3ccc(C(F)(F)F)cc3)cccc2c1. The van der Waals surface area contributed by atoms with Crippen LogP contribution < -0.4 is 5.32 Å². The normalized spacial score (nSPS) is 11.5. The molecule has 1 N–H and O–H groups in total. The van der Waals surface area contributed by atoms with Crippen LogP contribution in [-0.2, 0) is 12.6 Å². The van der Waals surface area contributed by atoms with Crippen molar-refractivity contribution in [3.8, 4) is 11.1 Å². The molecule has 4 aromatic rings. The minimum atomic E-state index is -4.37. The number of rotatable bonds is 5. The Morgan fingerprint density at radius 3 is 2.41 bits per heavy atom. The van der Waals surface area contributed by atoms with Crippen LogP contribution in [0.25, 0.3) is 21.9 Å². The summed E-state index contributed by atoms with van der Waals surface area (Å²) in [6.07, 6.45) is -3.76. The van der Waals surface area contributed by atoms with Crippen molar-refractivity contribution in [1.82, 2.24) is 10.3 Å². The van der Waals surface area contributed by atoms with Crippen LogP contribution in [0.2, 0.25) is 0 Å². The largest absolute Gasteiger partial charge is 0.416 e. The van der Waals surface area contributed by atoms with Gasteiger partial charge in [0.15, 0.2) is 0 Å². The molecule has 1 heterocycles. The van der Waals surface area contributed by atoms with E-state index in [1.54, 1.807) is 12.1 Å². The van der Waals surface area contributed by atoms with E-state index in [4.69, 9.17) is 0 Å². The summed E-state index contributed by atoms with van der Waals surface area (Å²) in [6.45, 7) is 0.450. The Kier molecular flexibility index (Phi) is 6.28. The van der Waals surface area contributed by atoms with Crippen molar-refractivity contribution in [3.63, 3.8) is 0 Å². The number of fused-ring (bicyclic) bond motifs is 1. The molecule has 162 valence electrons. The van der Waals surface area contributed by atoms with E-state index in [0.717, 1.165) is 38.8 Å². The number of pyridine rings is 1. The molecule has 7 heteroatoms. The number of nitrogens with zero attached hydrogens (tertiary/aromatic N) is 1. The lowest BCUT2D eigenvalue weighted by molar-refractivity contribution is -0.137. The lowest BCUT2D eigenvalue weighted by Crippen LogP contribution is -2.25. The van der Waals surface area contributed by atoms with Gasteiger partial charge in [0.1, 0.15) is 4.60 Å². The van der Waals surface area contributed by atoms with Gasteiger partial charge in [0.25, 0.3) is 5.91 Å². The van der Waals surface area contributed by atoms with Crippen molar-refractivity contribution in [2.45, 2.75) is 12.6 Å². The minimum absolute atomic E-state index is 0.193. The predicted molar refractivity (Wildman–Crippen MR) is 122 cm³/mol. The topological polar surface area (TPSA) is 42.0 Å². The van der Waals surface area contributed by atoms with E-state index in [9.17, 15) is 18.0 Å². The highest BCUT2D eigenvalue weighted by atomic mass is 79.9. The van der Waals surface area contributed by atoms with E-state index in [0.29, 0.717) is 24.1 Å². The maximum Gasteiger partial charge on any atom is 0.416 e. The number of carbonyl (C=O) groups excluding carboxylic acids is 1. The molecule has 0 atom stereocenters. The third kappa shape index (κ3) is 4.99. The Hall–Kier alpha value is -3.19. The number of hydrogen-bond acceptors (Lipinski definition) is 2. The molecule has 1 amide bonds. The second-order valence-electron chi connectivity index (χ2n) is 7.27. The van der Waals surface area contributed by atoms with Gasteiger partial charge >= 0.3 is 6.18 Å². The van der Waals surface area contributed by atoms with Gasteiger partial charge in [-0.15, -0.1) is 0 Å². The van der Waals surface area contributed by atoms with Crippen LogP contribution in [-0.4, -0.2) is 17.4 Å². The van der Waals surface area contributed by atoms with Crippen LogP contribution >= 0.6 is 15.9 Å². The first kappa shape index (κ1) is 22.0. The van der Waals surface area contributed by atoms with Gasteiger partial charge in [-0.2, -0.15) is 13.2 Å². The number of hydrogen-bond donors (Lipinski definition) is 1. The number of nitrogens with one attached hydrogen (secondary N) is 1. The Balaban J connectivity index is 1.51. The summed E-state index contributed by atoms with van der Waals surface area (Å²) in [4.78, 5) is 16.9. The maximum atomic E-state index is 12.9. The molecular formula is C25H18BrF3N2O. The fraction of sp³-hybridized carbons (Fsp3) is 0.120. The highest BCUT2D eigenvalue weighted by molar-refractivity contribution is 9.10. The number of carbonyl (C=O) groups is 1. The van der Waals surface area contributed by atoms with Crippen molar-refractivity contribution >= 4 is 32.6 Å². The lowest BCUT2D eigenvalue weighted by atomic mass is 9.96. The van der Waals surface area contributed by atoms with E-state index >= 15 is 0 Å². The summed E-state index contributed by atoms with van der Waals surface area (Å²) < 4.78 is 39.3. The van der Waals surface area contributed by atoms with Gasteiger partial charge in [-0.05, 0) is 74.2 Å². The van der Waals surface area contributed by atoms with Gasteiger partial charge in [0, 0.05) is 24.2 Å². The zero-order valence-electron chi connectivity index (χ0n) is 16.8. The van der Waals surface area contributed by atoms with Gasteiger partial charge in [-0.3, -0.25) is 4.79 Å². The van der Waals surface area contributed by atoms with Crippen LogP contribution in [0.3, 0.4) is 0 Å². The second-order valence-corrected chi connectivity index (χ2v) is 8.09. The average Bonchev–Trinajstić information content (AvgIpc) is 2.78. The third-order valence-electron chi connectivity index (χ3n) is 5.11. The zero-order chi connectivity index (χ0) is 22.7. The smallest absolute Gasteiger partial charge is 0.352 e. The molecule has 0 aliphatic carbocycles. The van der Waals surface area contributed by atoms with Gasteiger partial charge in [-0.25, -0.2) is 4.98 Å².